The molecule has 1 heterocycles. The van der Waals surface area contributed by atoms with E-state index in [0.717, 1.165) is 28.8 Å². The summed E-state index contributed by atoms with van der Waals surface area (Å²) in [6, 6.07) is 12.6. The van der Waals surface area contributed by atoms with Gasteiger partial charge >= 0.3 is 0 Å². The topological polar surface area (TPSA) is 22.1 Å². The van der Waals surface area contributed by atoms with Crippen molar-refractivity contribution in [2.24, 2.45) is 11.8 Å². The van der Waals surface area contributed by atoms with Crippen LogP contribution in [0.1, 0.15) is 77.2 Å². The van der Waals surface area contributed by atoms with Crippen LogP contribution in [-0.4, -0.2) is 11.6 Å². The van der Waals surface area contributed by atoms with Crippen LogP contribution in [0.3, 0.4) is 0 Å². The summed E-state index contributed by atoms with van der Waals surface area (Å²) < 4.78 is 5.52. The quantitative estimate of drug-likeness (QED) is 0.399. The maximum atomic E-state index is 5.52. The van der Waals surface area contributed by atoms with Gasteiger partial charge in [-0.2, -0.15) is 0 Å². The summed E-state index contributed by atoms with van der Waals surface area (Å²) in [7, 11) is 0. The van der Waals surface area contributed by atoms with Crippen LogP contribution in [0.2, 0.25) is 0 Å². The number of hydrogen-bond donors (Lipinski definition) is 0. The van der Waals surface area contributed by atoms with Crippen LogP contribution >= 0.6 is 0 Å². The Morgan fingerprint density at radius 2 is 1.57 bits per heavy atom. The molecule has 2 nitrogen and oxygen atoms in total. The van der Waals surface area contributed by atoms with Gasteiger partial charge in [-0.3, -0.25) is 4.98 Å². The fraction of sp³-hybridized carbons (Fsp3) is 0.577. The van der Waals surface area contributed by atoms with Crippen molar-refractivity contribution in [2.45, 2.75) is 78.1 Å². The second-order valence-corrected chi connectivity index (χ2v) is 8.43. The molecule has 1 aliphatic carbocycles. The molecule has 0 N–H and O–H groups in total. The molecule has 0 aliphatic heterocycles. The summed E-state index contributed by atoms with van der Waals surface area (Å²) in [6.45, 7) is 5.01. The molecule has 2 aromatic rings. The van der Waals surface area contributed by atoms with Crippen LogP contribution in [0.15, 0.2) is 42.6 Å². The van der Waals surface area contributed by atoms with Gasteiger partial charge in [0, 0.05) is 11.8 Å². The van der Waals surface area contributed by atoms with Crippen molar-refractivity contribution in [1.82, 2.24) is 4.98 Å². The van der Waals surface area contributed by atoms with E-state index < -0.39 is 0 Å². The standard InChI is InChI=1S/C26H37NO/c1-3-5-6-7-21-8-10-22(11-9-21)12-13-23-14-19-26(27-20-23)24-15-17-25(18-16-24)28-4-2/h14-22H,3-13H2,1-2H3/t21-,22-. The Kier molecular flexibility index (Phi) is 8.39. The Morgan fingerprint density at radius 3 is 2.18 bits per heavy atom. The Labute approximate surface area is 171 Å². The highest BCUT2D eigenvalue weighted by molar-refractivity contribution is 5.60. The number of ether oxygens (including phenoxy) is 1. The van der Waals surface area contributed by atoms with Gasteiger partial charge in [0.05, 0.1) is 12.3 Å². The molecule has 0 atom stereocenters. The highest BCUT2D eigenvalue weighted by atomic mass is 16.5. The second-order valence-electron chi connectivity index (χ2n) is 8.43. The molecule has 28 heavy (non-hydrogen) atoms. The molecule has 0 bridgehead atoms. The predicted molar refractivity (Wildman–Crippen MR) is 119 cm³/mol. The zero-order valence-electron chi connectivity index (χ0n) is 17.8. The molecule has 1 aliphatic rings. The van der Waals surface area contributed by atoms with E-state index in [1.165, 1.54) is 69.8 Å². The molecule has 1 saturated carbocycles. The van der Waals surface area contributed by atoms with Crippen molar-refractivity contribution >= 4 is 0 Å². The van der Waals surface area contributed by atoms with Crippen molar-refractivity contribution in [2.75, 3.05) is 6.61 Å². The maximum Gasteiger partial charge on any atom is 0.119 e. The van der Waals surface area contributed by atoms with Gasteiger partial charge in [0.1, 0.15) is 5.75 Å². The third kappa shape index (κ3) is 6.36. The number of benzene rings is 1. The lowest BCUT2D eigenvalue weighted by Crippen LogP contribution is -2.15. The zero-order valence-corrected chi connectivity index (χ0v) is 17.8. The monoisotopic (exact) mass is 379 g/mol. The summed E-state index contributed by atoms with van der Waals surface area (Å²) in [5, 5.41) is 0. The van der Waals surface area contributed by atoms with Crippen molar-refractivity contribution in [3.63, 3.8) is 0 Å². The number of aryl methyl sites for hydroxylation is 1. The largest absolute Gasteiger partial charge is 0.494 e. The summed E-state index contributed by atoms with van der Waals surface area (Å²) in [4.78, 5) is 4.70. The summed E-state index contributed by atoms with van der Waals surface area (Å²) in [5.41, 5.74) is 3.57. The Morgan fingerprint density at radius 1 is 0.857 bits per heavy atom. The van der Waals surface area contributed by atoms with Gasteiger partial charge in [-0.1, -0.05) is 64.4 Å². The predicted octanol–water partition coefficient (Wildman–Crippen LogP) is 7.47. The molecule has 1 fully saturated rings. The normalized spacial score (nSPS) is 19.5. The molecule has 2 heteroatoms. The van der Waals surface area contributed by atoms with Gasteiger partial charge in [0.2, 0.25) is 0 Å². The molecule has 1 aromatic heterocycles. The number of nitrogens with zero attached hydrogens (tertiary/aromatic N) is 1. The van der Waals surface area contributed by atoms with E-state index in [2.05, 4.69) is 37.4 Å². The van der Waals surface area contributed by atoms with Gasteiger partial charge < -0.3 is 4.74 Å². The van der Waals surface area contributed by atoms with Gasteiger partial charge in [-0.15, -0.1) is 0 Å². The SMILES string of the molecule is CCCCC[C@H]1CC[C@H](CCc2ccc(-c3ccc(OCC)cc3)nc2)CC1. The van der Waals surface area contributed by atoms with E-state index in [1.54, 1.807) is 0 Å². The van der Waals surface area contributed by atoms with E-state index >= 15 is 0 Å². The molecule has 3 rings (SSSR count). The zero-order chi connectivity index (χ0) is 19.6. The number of rotatable bonds is 10. The fourth-order valence-electron chi connectivity index (χ4n) is 4.49. The lowest BCUT2D eigenvalue weighted by atomic mass is 9.78. The maximum absolute atomic E-state index is 5.52. The molecule has 0 radical (unpaired) electrons. The molecular formula is C26H37NO. The first-order valence-corrected chi connectivity index (χ1v) is 11.5. The molecule has 0 unspecified atom stereocenters. The first-order valence-electron chi connectivity index (χ1n) is 11.5. The number of aromatic nitrogens is 1. The molecule has 0 spiro atoms. The molecule has 1 aromatic carbocycles. The highest BCUT2D eigenvalue weighted by Crippen LogP contribution is 2.34. The molecular weight excluding hydrogens is 342 g/mol. The van der Waals surface area contributed by atoms with Gasteiger partial charge in [0.25, 0.3) is 0 Å². The van der Waals surface area contributed by atoms with E-state index in [9.17, 15) is 0 Å². The van der Waals surface area contributed by atoms with Crippen LogP contribution < -0.4 is 4.74 Å². The second kappa shape index (κ2) is 11.2. The number of pyridine rings is 1. The fourth-order valence-corrected chi connectivity index (χ4v) is 4.49. The minimum absolute atomic E-state index is 0.701. The summed E-state index contributed by atoms with van der Waals surface area (Å²) in [5.74, 6) is 2.86. The first kappa shape index (κ1) is 20.9. The van der Waals surface area contributed by atoms with Crippen LogP contribution in [0.25, 0.3) is 11.3 Å². The van der Waals surface area contributed by atoms with Crippen LogP contribution in [0.5, 0.6) is 5.75 Å². The highest BCUT2D eigenvalue weighted by Gasteiger charge is 2.20. The van der Waals surface area contributed by atoms with Gasteiger partial charge in [0.15, 0.2) is 0 Å². The van der Waals surface area contributed by atoms with E-state index in [-0.39, 0.29) is 0 Å². The third-order valence-corrected chi connectivity index (χ3v) is 6.31. The van der Waals surface area contributed by atoms with Crippen molar-refractivity contribution in [1.29, 1.82) is 0 Å². The van der Waals surface area contributed by atoms with Crippen molar-refractivity contribution in [3.8, 4) is 17.0 Å². The van der Waals surface area contributed by atoms with E-state index in [4.69, 9.17) is 9.72 Å². The lowest BCUT2D eigenvalue weighted by Gasteiger charge is -2.28. The molecule has 0 saturated heterocycles. The van der Waals surface area contributed by atoms with E-state index in [1.807, 2.05) is 19.1 Å². The molecule has 152 valence electrons. The van der Waals surface area contributed by atoms with E-state index in [0.29, 0.717) is 6.61 Å². The van der Waals surface area contributed by atoms with Crippen LogP contribution in [0.4, 0.5) is 0 Å². The number of hydrogen-bond acceptors (Lipinski definition) is 2. The van der Waals surface area contributed by atoms with Gasteiger partial charge in [-0.25, -0.2) is 0 Å². The minimum atomic E-state index is 0.701. The smallest absolute Gasteiger partial charge is 0.119 e. The average molecular weight is 380 g/mol. The lowest BCUT2D eigenvalue weighted by molar-refractivity contribution is 0.249. The Bertz CT molecular complexity index is 669. The Hall–Kier alpha value is -1.83. The average Bonchev–Trinajstić information content (AvgIpc) is 2.75. The third-order valence-electron chi connectivity index (χ3n) is 6.31. The first-order chi connectivity index (χ1) is 13.8. The van der Waals surface area contributed by atoms with Crippen LogP contribution in [-0.2, 0) is 6.42 Å². The Balaban J connectivity index is 1.42. The summed E-state index contributed by atoms with van der Waals surface area (Å²) >= 11 is 0. The van der Waals surface area contributed by atoms with Crippen molar-refractivity contribution in [3.05, 3.63) is 48.2 Å². The van der Waals surface area contributed by atoms with Crippen molar-refractivity contribution < 1.29 is 4.74 Å². The molecule has 0 amide bonds. The number of unbranched alkanes of at least 4 members (excludes halogenated alkanes) is 2. The van der Waals surface area contributed by atoms with Crippen LogP contribution in [0, 0.1) is 11.8 Å². The summed E-state index contributed by atoms with van der Waals surface area (Å²) in [6.07, 6.45) is 16.0. The minimum Gasteiger partial charge on any atom is -0.494 e. The van der Waals surface area contributed by atoms with Gasteiger partial charge in [-0.05, 0) is 67.5 Å².